The lowest BCUT2D eigenvalue weighted by atomic mass is 10.1. The fraction of sp³-hybridized carbons (Fsp3) is 0.364. The van der Waals surface area contributed by atoms with E-state index >= 15 is 0 Å². The molecule has 0 bridgehead atoms. The monoisotopic (exact) mass is 282 g/mol. The van der Waals surface area contributed by atoms with Crippen molar-refractivity contribution < 1.29 is 36.9 Å². The summed E-state index contributed by atoms with van der Waals surface area (Å²) in [5.41, 5.74) is 0.361. The summed E-state index contributed by atoms with van der Waals surface area (Å²) in [5, 5.41) is 8.49. The Morgan fingerprint density at radius 3 is 2.21 bits per heavy atom. The molecule has 1 rings (SSSR count). The SMILES string of the molecule is O=C(O)CCc1ccc(OC(F)F)c(OC(F)F)c1. The van der Waals surface area contributed by atoms with Crippen molar-refractivity contribution >= 4 is 5.97 Å². The van der Waals surface area contributed by atoms with Gasteiger partial charge in [0, 0.05) is 6.42 Å². The van der Waals surface area contributed by atoms with Crippen molar-refractivity contribution in [3.63, 3.8) is 0 Å². The Balaban J connectivity index is 2.90. The zero-order chi connectivity index (χ0) is 14.4. The molecule has 0 fully saturated rings. The lowest BCUT2D eigenvalue weighted by molar-refractivity contribution is -0.136. The van der Waals surface area contributed by atoms with Crippen molar-refractivity contribution in [1.82, 2.24) is 0 Å². The first-order valence-corrected chi connectivity index (χ1v) is 5.13. The second kappa shape index (κ2) is 6.81. The zero-order valence-corrected chi connectivity index (χ0v) is 9.48. The molecule has 1 aromatic carbocycles. The summed E-state index contributed by atoms with van der Waals surface area (Å²) >= 11 is 0. The van der Waals surface area contributed by atoms with Crippen LogP contribution in [0.4, 0.5) is 17.6 Å². The molecule has 0 saturated carbocycles. The molecule has 1 N–H and O–H groups in total. The Labute approximate surface area is 105 Å². The molecule has 0 aliphatic heterocycles. The molecule has 0 unspecified atom stereocenters. The maximum atomic E-state index is 12.1. The van der Waals surface area contributed by atoms with Gasteiger partial charge in [-0.25, -0.2) is 0 Å². The van der Waals surface area contributed by atoms with Crippen LogP contribution in [0.2, 0.25) is 0 Å². The summed E-state index contributed by atoms with van der Waals surface area (Å²) < 4.78 is 56.4. The van der Waals surface area contributed by atoms with Crippen LogP contribution in [0.1, 0.15) is 12.0 Å². The standard InChI is InChI=1S/C11H10F4O4/c12-10(13)18-7-3-1-6(2-4-9(16)17)5-8(7)19-11(14)15/h1,3,5,10-11H,2,4H2,(H,16,17). The maximum Gasteiger partial charge on any atom is 0.387 e. The summed E-state index contributed by atoms with van der Waals surface area (Å²) in [6.07, 6.45) is -0.160. The Bertz CT molecular complexity index is 437. The van der Waals surface area contributed by atoms with Crippen LogP contribution in [0, 0.1) is 0 Å². The van der Waals surface area contributed by atoms with Crippen LogP contribution in [0.15, 0.2) is 18.2 Å². The molecule has 0 aromatic heterocycles. The Morgan fingerprint density at radius 1 is 1.11 bits per heavy atom. The minimum atomic E-state index is -3.20. The predicted octanol–water partition coefficient (Wildman–Crippen LogP) is 2.91. The highest BCUT2D eigenvalue weighted by Gasteiger charge is 2.15. The minimum absolute atomic E-state index is 0.0594. The second-order valence-electron chi connectivity index (χ2n) is 3.43. The molecule has 1 aromatic rings. The largest absolute Gasteiger partial charge is 0.481 e. The first-order valence-electron chi connectivity index (χ1n) is 5.13. The Kier molecular flexibility index (Phi) is 5.40. The van der Waals surface area contributed by atoms with Crippen LogP contribution in [-0.2, 0) is 11.2 Å². The van der Waals surface area contributed by atoms with Gasteiger partial charge in [0.2, 0.25) is 0 Å². The molecule has 0 heterocycles. The quantitative estimate of drug-likeness (QED) is 0.781. The fourth-order valence-corrected chi connectivity index (χ4v) is 1.34. The van der Waals surface area contributed by atoms with E-state index in [9.17, 15) is 22.4 Å². The summed E-state index contributed by atoms with van der Waals surface area (Å²) in [5.74, 6) is -2.16. The molecule has 8 heteroatoms. The zero-order valence-electron chi connectivity index (χ0n) is 9.48. The molecule has 0 aliphatic carbocycles. The molecule has 19 heavy (non-hydrogen) atoms. The molecular formula is C11H10F4O4. The van der Waals surface area contributed by atoms with Crippen LogP contribution < -0.4 is 9.47 Å². The fourth-order valence-electron chi connectivity index (χ4n) is 1.34. The van der Waals surface area contributed by atoms with Crippen LogP contribution >= 0.6 is 0 Å². The van der Waals surface area contributed by atoms with Gasteiger partial charge in [-0.15, -0.1) is 0 Å². The van der Waals surface area contributed by atoms with Gasteiger partial charge < -0.3 is 14.6 Å². The lowest BCUT2D eigenvalue weighted by Crippen LogP contribution is -2.08. The number of carboxylic acid groups (broad SMARTS) is 1. The lowest BCUT2D eigenvalue weighted by Gasteiger charge is -2.12. The van der Waals surface area contributed by atoms with Crippen molar-refractivity contribution in [3.8, 4) is 11.5 Å². The van der Waals surface area contributed by atoms with Crippen molar-refractivity contribution in [2.24, 2.45) is 0 Å². The van der Waals surface area contributed by atoms with Crippen LogP contribution in [0.25, 0.3) is 0 Å². The third-order valence-corrected chi connectivity index (χ3v) is 2.07. The average Bonchev–Trinajstić information content (AvgIpc) is 2.28. The smallest absolute Gasteiger partial charge is 0.387 e. The molecule has 106 valence electrons. The normalized spacial score (nSPS) is 10.8. The molecule has 0 atom stereocenters. The van der Waals surface area contributed by atoms with Gasteiger partial charge in [-0.05, 0) is 24.1 Å². The average molecular weight is 282 g/mol. The number of carbonyl (C=O) groups is 1. The highest BCUT2D eigenvalue weighted by molar-refractivity contribution is 5.67. The number of carboxylic acids is 1. The van der Waals surface area contributed by atoms with E-state index in [2.05, 4.69) is 9.47 Å². The first kappa shape index (κ1) is 15.1. The Morgan fingerprint density at radius 2 is 1.68 bits per heavy atom. The topological polar surface area (TPSA) is 55.8 Å². The van der Waals surface area contributed by atoms with E-state index in [-0.39, 0.29) is 12.8 Å². The second-order valence-corrected chi connectivity index (χ2v) is 3.43. The van der Waals surface area contributed by atoms with Crippen molar-refractivity contribution in [2.75, 3.05) is 0 Å². The summed E-state index contributed by atoms with van der Waals surface area (Å²) in [7, 11) is 0. The van der Waals surface area contributed by atoms with Gasteiger partial charge in [-0.3, -0.25) is 4.79 Å². The minimum Gasteiger partial charge on any atom is -0.481 e. The molecular weight excluding hydrogens is 272 g/mol. The predicted molar refractivity (Wildman–Crippen MR) is 55.7 cm³/mol. The van der Waals surface area contributed by atoms with E-state index in [4.69, 9.17) is 5.11 Å². The van der Waals surface area contributed by atoms with Crippen molar-refractivity contribution in [1.29, 1.82) is 0 Å². The van der Waals surface area contributed by atoms with Gasteiger partial charge in [-0.1, -0.05) is 6.07 Å². The van der Waals surface area contributed by atoms with E-state index in [1.165, 1.54) is 6.07 Å². The van der Waals surface area contributed by atoms with E-state index < -0.39 is 30.7 Å². The molecule has 4 nitrogen and oxygen atoms in total. The van der Waals surface area contributed by atoms with Crippen LogP contribution in [0.3, 0.4) is 0 Å². The number of aliphatic carboxylic acids is 1. The molecule has 0 amide bonds. The molecule has 0 spiro atoms. The van der Waals surface area contributed by atoms with E-state index in [1.807, 2.05) is 0 Å². The van der Waals surface area contributed by atoms with Crippen molar-refractivity contribution in [3.05, 3.63) is 23.8 Å². The highest BCUT2D eigenvalue weighted by atomic mass is 19.3. The number of aryl methyl sites for hydroxylation is 1. The van der Waals surface area contributed by atoms with Gasteiger partial charge in [0.05, 0.1) is 0 Å². The maximum absolute atomic E-state index is 12.1. The van der Waals surface area contributed by atoms with Crippen LogP contribution in [-0.4, -0.2) is 24.3 Å². The Hall–Kier alpha value is -1.99. The van der Waals surface area contributed by atoms with Gasteiger partial charge in [0.25, 0.3) is 0 Å². The van der Waals surface area contributed by atoms with Gasteiger partial charge in [0.15, 0.2) is 11.5 Å². The van der Waals surface area contributed by atoms with E-state index in [1.54, 1.807) is 0 Å². The highest BCUT2D eigenvalue weighted by Crippen LogP contribution is 2.31. The number of benzene rings is 1. The number of ether oxygens (including phenoxy) is 2. The summed E-state index contributed by atoms with van der Waals surface area (Å²) in [6.45, 7) is -6.38. The van der Waals surface area contributed by atoms with Gasteiger partial charge in [-0.2, -0.15) is 17.6 Å². The molecule has 0 saturated heterocycles. The molecule has 0 aliphatic rings. The summed E-state index contributed by atoms with van der Waals surface area (Å²) in [4.78, 5) is 10.4. The third kappa shape index (κ3) is 5.45. The number of alkyl halides is 4. The number of halogens is 4. The van der Waals surface area contributed by atoms with Crippen molar-refractivity contribution in [2.45, 2.75) is 26.1 Å². The van der Waals surface area contributed by atoms with E-state index in [0.29, 0.717) is 5.56 Å². The summed E-state index contributed by atoms with van der Waals surface area (Å²) in [6, 6.07) is 3.38. The third-order valence-electron chi connectivity index (χ3n) is 2.07. The van der Waals surface area contributed by atoms with E-state index in [0.717, 1.165) is 12.1 Å². The number of rotatable bonds is 7. The van der Waals surface area contributed by atoms with Gasteiger partial charge >= 0.3 is 19.2 Å². The number of hydrogen-bond donors (Lipinski definition) is 1. The molecule has 0 radical (unpaired) electrons. The van der Waals surface area contributed by atoms with Gasteiger partial charge in [0.1, 0.15) is 0 Å². The number of hydrogen-bond acceptors (Lipinski definition) is 3. The first-order chi connectivity index (χ1) is 8.88. The van der Waals surface area contributed by atoms with Crippen LogP contribution in [0.5, 0.6) is 11.5 Å².